The maximum atomic E-state index is 13.7. The number of hydrogen-bond acceptors (Lipinski definition) is 4. The third-order valence-electron chi connectivity index (χ3n) is 5.60. The van der Waals surface area contributed by atoms with Crippen LogP contribution in [0, 0.1) is 11.7 Å². The van der Waals surface area contributed by atoms with Crippen molar-refractivity contribution in [3.8, 4) is 0 Å². The van der Waals surface area contributed by atoms with E-state index < -0.39 is 18.0 Å². The lowest BCUT2D eigenvalue weighted by atomic mass is 10.1. The predicted molar refractivity (Wildman–Crippen MR) is 102 cm³/mol. The van der Waals surface area contributed by atoms with E-state index in [4.69, 9.17) is 0 Å². The van der Waals surface area contributed by atoms with Crippen LogP contribution in [0.25, 0.3) is 11.0 Å². The zero-order valence-corrected chi connectivity index (χ0v) is 16.1. The Balaban J connectivity index is 1.47. The minimum absolute atomic E-state index is 0.0275. The number of imidazole rings is 1. The first-order valence-electron chi connectivity index (χ1n) is 10.1. The highest BCUT2D eigenvalue weighted by atomic mass is 19.3. The molecular weight excluding hydrogens is 395 g/mol. The van der Waals surface area contributed by atoms with Crippen molar-refractivity contribution in [1.29, 1.82) is 0 Å². The summed E-state index contributed by atoms with van der Waals surface area (Å²) in [5.74, 6) is 0.350. The second kappa shape index (κ2) is 7.37. The van der Waals surface area contributed by atoms with E-state index in [0.717, 1.165) is 43.6 Å². The summed E-state index contributed by atoms with van der Waals surface area (Å²) in [5, 5.41) is 2.96. The van der Waals surface area contributed by atoms with Crippen LogP contribution in [0.5, 0.6) is 0 Å². The number of hydrogen-bond donors (Lipinski definition) is 1. The van der Waals surface area contributed by atoms with Crippen molar-refractivity contribution in [3.05, 3.63) is 53.6 Å². The standard InChI is InChI=1S/C21H20F3N5O/c22-12-3-6-18-14(8-12)27-20(29(18)13-4-5-13)15(7-11-1-2-11)28-21(30)17-10-25-16(9-26-17)19(23)24/h3,6,8-11,13,15,19H,1-2,4-5,7H2,(H,28,30)/t15-/m0/s1. The molecule has 0 radical (unpaired) electrons. The molecule has 0 saturated heterocycles. The lowest BCUT2D eigenvalue weighted by molar-refractivity contribution is 0.0923. The molecule has 5 rings (SSSR count). The summed E-state index contributed by atoms with van der Waals surface area (Å²) in [5.41, 5.74) is 0.914. The highest BCUT2D eigenvalue weighted by Gasteiger charge is 2.35. The molecule has 156 valence electrons. The van der Waals surface area contributed by atoms with Crippen LogP contribution in [0.2, 0.25) is 0 Å². The minimum atomic E-state index is -2.74. The van der Waals surface area contributed by atoms with Crippen molar-refractivity contribution in [1.82, 2.24) is 24.8 Å². The third kappa shape index (κ3) is 3.76. The van der Waals surface area contributed by atoms with Gasteiger partial charge < -0.3 is 9.88 Å². The fourth-order valence-corrected chi connectivity index (χ4v) is 3.77. The smallest absolute Gasteiger partial charge is 0.281 e. The molecule has 30 heavy (non-hydrogen) atoms. The van der Waals surface area contributed by atoms with Crippen molar-refractivity contribution in [2.24, 2.45) is 5.92 Å². The van der Waals surface area contributed by atoms with Crippen LogP contribution in [0.1, 0.15) is 72.6 Å². The summed E-state index contributed by atoms with van der Waals surface area (Å²) < 4.78 is 41.2. The molecule has 3 aromatic rings. The average Bonchev–Trinajstić information content (AvgIpc) is 3.66. The number of amides is 1. The summed E-state index contributed by atoms with van der Waals surface area (Å²) in [6.45, 7) is 0. The number of nitrogens with one attached hydrogen (secondary N) is 1. The summed E-state index contributed by atoms with van der Waals surface area (Å²) in [6.07, 6.45) is 4.16. The number of carbonyl (C=O) groups excluding carboxylic acids is 1. The highest BCUT2D eigenvalue weighted by molar-refractivity contribution is 5.92. The van der Waals surface area contributed by atoms with Gasteiger partial charge in [-0.15, -0.1) is 0 Å². The number of carbonyl (C=O) groups is 1. The molecule has 9 heteroatoms. The summed E-state index contributed by atoms with van der Waals surface area (Å²) >= 11 is 0. The van der Waals surface area contributed by atoms with Gasteiger partial charge in [-0.3, -0.25) is 9.78 Å². The average molecular weight is 415 g/mol. The molecule has 1 N–H and O–H groups in total. The Labute approximate surface area is 170 Å². The number of nitrogens with zero attached hydrogens (tertiary/aromatic N) is 4. The predicted octanol–water partition coefficient (Wildman–Crippen LogP) is 4.51. The Morgan fingerprint density at radius 3 is 2.60 bits per heavy atom. The number of halogens is 3. The van der Waals surface area contributed by atoms with Crippen molar-refractivity contribution in [2.75, 3.05) is 0 Å². The van der Waals surface area contributed by atoms with Crippen LogP contribution in [0.4, 0.5) is 13.2 Å². The largest absolute Gasteiger partial charge is 0.341 e. The molecule has 2 saturated carbocycles. The van der Waals surface area contributed by atoms with Crippen molar-refractivity contribution in [3.63, 3.8) is 0 Å². The minimum Gasteiger partial charge on any atom is -0.341 e. The van der Waals surface area contributed by atoms with Gasteiger partial charge in [0.05, 0.1) is 29.5 Å². The Bertz CT molecular complexity index is 1090. The number of aromatic nitrogens is 4. The van der Waals surface area contributed by atoms with E-state index in [0.29, 0.717) is 29.7 Å². The van der Waals surface area contributed by atoms with Gasteiger partial charge >= 0.3 is 0 Å². The Morgan fingerprint density at radius 1 is 1.17 bits per heavy atom. The van der Waals surface area contributed by atoms with E-state index in [1.54, 1.807) is 6.07 Å². The second-order valence-corrected chi connectivity index (χ2v) is 8.04. The molecule has 2 aliphatic carbocycles. The van der Waals surface area contributed by atoms with Crippen LogP contribution >= 0.6 is 0 Å². The van der Waals surface area contributed by atoms with Crippen LogP contribution in [-0.4, -0.2) is 25.4 Å². The first-order valence-corrected chi connectivity index (χ1v) is 10.1. The first kappa shape index (κ1) is 19.0. The third-order valence-corrected chi connectivity index (χ3v) is 5.60. The summed E-state index contributed by atoms with van der Waals surface area (Å²) in [7, 11) is 0. The zero-order valence-electron chi connectivity index (χ0n) is 16.1. The number of fused-ring (bicyclic) bond motifs is 1. The molecule has 2 aliphatic rings. The Morgan fingerprint density at radius 2 is 1.97 bits per heavy atom. The molecular formula is C21H20F3N5O. The lowest BCUT2D eigenvalue weighted by Crippen LogP contribution is -2.31. The maximum Gasteiger partial charge on any atom is 0.281 e. The second-order valence-electron chi connectivity index (χ2n) is 8.04. The number of alkyl halides is 2. The van der Waals surface area contributed by atoms with E-state index >= 15 is 0 Å². The fraction of sp³-hybridized carbons (Fsp3) is 0.429. The summed E-state index contributed by atoms with van der Waals surface area (Å²) in [6, 6.07) is 4.46. The van der Waals surface area contributed by atoms with E-state index in [1.807, 2.05) is 0 Å². The van der Waals surface area contributed by atoms with Crippen LogP contribution < -0.4 is 5.32 Å². The molecule has 0 spiro atoms. The molecule has 2 aromatic heterocycles. The quantitative estimate of drug-likeness (QED) is 0.616. The van der Waals surface area contributed by atoms with Crippen molar-refractivity contribution >= 4 is 16.9 Å². The molecule has 1 aromatic carbocycles. The van der Waals surface area contributed by atoms with Gasteiger partial charge in [0.2, 0.25) is 0 Å². The van der Waals surface area contributed by atoms with E-state index in [-0.39, 0.29) is 17.6 Å². The monoisotopic (exact) mass is 415 g/mol. The Hall–Kier alpha value is -2.97. The van der Waals surface area contributed by atoms with Gasteiger partial charge in [-0.2, -0.15) is 0 Å². The Kier molecular flexibility index (Phi) is 4.67. The highest BCUT2D eigenvalue weighted by Crippen LogP contribution is 2.43. The van der Waals surface area contributed by atoms with Gasteiger partial charge in [-0.1, -0.05) is 12.8 Å². The SMILES string of the molecule is O=C(N[C@@H](CC1CC1)c1nc2cc(F)ccc2n1C1CC1)c1cnc(C(F)F)cn1. The normalized spacial score (nSPS) is 17.5. The van der Waals surface area contributed by atoms with Crippen molar-refractivity contribution < 1.29 is 18.0 Å². The van der Waals surface area contributed by atoms with Crippen molar-refractivity contribution in [2.45, 2.75) is 50.6 Å². The lowest BCUT2D eigenvalue weighted by Gasteiger charge is -2.20. The molecule has 1 amide bonds. The van der Waals surface area contributed by atoms with E-state index in [2.05, 4.69) is 24.8 Å². The first-order chi connectivity index (χ1) is 14.5. The van der Waals surface area contributed by atoms with Crippen LogP contribution in [0.15, 0.2) is 30.6 Å². The number of rotatable bonds is 7. The van der Waals surface area contributed by atoms with Gasteiger partial charge in [0, 0.05) is 12.1 Å². The molecule has 6 nitrogen and oxygen atoms in total. The molecule has 2 heterocycles. The molecule has 0 unspecified atom stereocenters. The number of benzene rings is 1. The van der Waals surface area contributed by atoms with Crippen LogP contribution in [-0.2, 0) is 0 Å². The summed E-state index contributed by atoms with van der Waals surface area (Å²) in [4.78, 5) is 24.9. The van der Waals surface area contributed by atoms with Gasteiger partial charge in [0.15, 0.2) is 0 Å². The zero-order chi connectivity index (χ0) is 20.8. The van der Waals surface area contributed by atoms with Gasteiger partial charge in [-0.25, -0.2) is 23.1 Å². The fourth-order valence-electron chi connectivity index (χ4n) is 3.77. The molecule has 0 aliphatic heterocycles. The van der Waals surface area contributed by atoms with Gasteiger partial charge in [0.1, 0.15) is 23.0 Å². The molecule has 2 fully saturated rings. The van der Waals surface area contributed by atoms with E-state index in [1.165, 1.54) is 12.1 Å². The van der Waals surface area contributed by atoms with Crippen LogP contribution in [0.3, 0.4) is 0 Å². The van der Waals surface area contributed by atoms with Gasteiger partial charge in [0.25, 0.3) is 12.3 Å². The van der Waals surface area contributed by atoms with Gasteiger partial charge in [-0.05, 0) is 37.3 Å². The maximum absolute atomic E-state index is 13.7. The topological polar surface area (TPSA) is 72.7 Å². The van der Waals surface area contributed by atoms with E-state index in [9.17, 15) is 18.0 Å². The molecule has 0 bridgehead atoms. The molecule has 1 atom stereocenters.